The Kier molecular flexibility index (Phi) is 3.10. The summed E-state index contributed by atoms with van der Waals surface area (Å²) in [5.41, 5.74) is 2.34. The van der Waals surface area contributed by atoms with Crippen molar-refractivity contribution in [1.29, 1.82) is 0 Å². The minimum atomic E-state index is -0.0105. The predicted octanol–water partition coefficient (Wildman–Crippen LogP) is 3.32. The number of carbonyl (C=O) groups excluding carboxylic acids is 1. The highest BCUT2D eigenvalue weighted by Gasteiger charge is 2.26. The molecule has 0 aliphatic heterocycles. The molecule has 1 nitrogen and oxygen atoms in total. The minimum Gasteiger partial charge on any atom is -0.303 e. The molecule has 14 heavy (non-hydrogen) atoms. The second-order valence-electron chi connectivity index (χ2n) is 4.84. The van der Waals surface area contributed by atoms with Crippen LogP contribution in [-0.2, 0) is 4.79 Å². The van der Waals surface area contributed by atoms with Gasteiger partial charge in [-0.05, 0) is 23.5 Å². The smallest absolute Gasteiger partial charge is 0.127 e. The lowest BCUT2D eigenvalue weighted by molar-refractivity contribution is -0.111. The fourth-order valence-corrected chi connectivity index (χ4v) is 1.68. The van der Waals surface area contributed by atoms with Gasteiger partial charge in [0.1, 0.15) is 6.29 Å². The summed E-state index contributed by atoms with van der Waals surface area (Å²) in [5, 5.41) is 0. The van der Waals surface area contributed by atoms with Crippen LogP contribution in [0.25, 0.3) is 0 Å². The Balaban J connectivity index is 3.14. The normalized spacial score (nSPS) is 13.7. The van der Waals surface area contributed by atoms with Crippen molar-refractivity contribution < 1.29 is 4.79 Å². The third-order valence-corrected chi connectivity index (χ3v) is 2.59. The van der Waals surface area contributed by atoms with E-state index >= 15 is 0 Å². The first-order chi connectivity index (χ1) is 6.46. The van der Waals surface area contributed by atoms with Gasteiger partial charge in [-0.1, -0.05) is 45.0 Å². The van der Waals surface area contributed by atoms with Gasteiger partial charge in [-0.25, -0.2) is 0 Å². The molecule has 0 fully saturated rings. The van der Waals surface area contributed by atoms with Crippen LogP contribution in [0.15, 0.2) is 24.3 Å². The van der Waals surface area contributed by atoms with Crippen LogP contribution < -0.4 is 0 Å². The van der Waals surface area contributed by atoms with Crippen LogP contribution in [0.1, 0.15) is 37.8 Å². The Morgan fingerprint density at radius 3 is 2.21 bits per heavy atom. The zero-order valence-corrected chi connectivity index (χ0v) is 9.37. The van der Waals surface area contributed by atoms with E-state index < -0.39 is 0 Å². The predicted molar refractivity (Wildman–Crippen MR) is 59.4 cm³/mol. The Morgan fingerprint density at radius 1 is 1.21 bits per heavy atom. The van der Waals surface area contributed by atoms with E-state index in [9.17, 15) is 4.79 Å². The number of hydrogen-bond acceptors (Lipinski definition) is 1. The van der Waals surface area contributed by atoms with E-state index in [-0.39, 0.29) is 11.3 Å². The third kappa shape index (κ3) is 2.22. The molecule has 1 aromatic carbocycles. The molecule has 1 aromatic rings. The van der Waals surface area contributed by atoms with Gasteiger partial charge in [-0.2, -0.15) is 0 Å². The molecule has 0 saturated carbocycles. The van der Waals surface area contributed by atoms with E-state index in [1.54, 1.807) is 0 Å². The summed E-state index contributed by atoms with van der Waals surface area (Å²) in [4.78, 5) is 11.1. The summed E-state index contributed by atoms with van der Waals surface area (Å²) in [6, 6.07) is 8.09. The summed E-state index contributed by atoms with van der Waals surface area (Å²) >= 11 is 0. The fraction of sp³-hybridized carbons (Fsp3) is 0.462. The molecule has 0 heterocycles. The molecule has 0 spiro atoms. The molecule has 0 bridgehead atoms. The molecule has 0 N–H and O–H groups in total. The maximum atomic E-state index is 11.1. The van der Waals surface area contributed by atoms with Crippen LogP contribution in [0, 0.1) is 12.3 Å². The highest BCUT2D eigenvalue weighted by atomic mass is 16.1. The van der Waals surface area contributed by atoms with Gasteiger partial charge in [-0.15, -0.1) is 0 Å². The lowest BCUT2D eigenvalue weighted by Crippen LogP contribution is -2.20. The van der Waals surface area contributed by atoms with Gasteiger partial charge in [0.05, 0.1) is 0 Å². The van der Waals surface area contributed by atoms with E-state index in [1.807, 2.05) is 18.2 Å². The van der Waals surface area contributed by atoms with Gasteiger partial charge >= 0.3 is 0 Å². The van der Waals surface area contributed by atoms with E-state index in [1.165, 1.54) is 5.56 Å². The molecule has 1 heteroatoms. The number of aryl methyl sites for hydroxylation is 1. The summed E-state index contributed by atoms with van der Waals surface area (Å²) in [7, 11) is 0. The van der Waals surface area contributed by atoms with Gasteiger partial charge in [-0.3, -0.25) is 0 Å². The summed E-state index contributed by atoms with van der Waals surface area (Å²) in [5.74, 6) is -0.0105. The van der Waals surface area contributed by atoms with Crippen LogP contribution in [0.5, 0.6) is 0 Å². The standard InChI is InChI=1S/C13H18O/c1-10-7-5-6-8-11(10)12(9-14)13(2,3)4/h5-9,12H,1-4H3. The zero-order chi connectivity index (χ0) is 10.8. The average molecular weight is 190 g/mol. The van der Waals surface area contributed by atoms with Gasteiger partial charge < -0.3 is 4.79 Å². The van der Waals surface area contributed by atoms with Crippen molar-refractivity contribution in [3.8, 4) is 0 Å². The summed E-state index contributed by atoms with van der Waals surface area (Å²) in [6.45, 7) is 8.34. The van der Waals surface area contributed by atoms with E-state index in [0.717, 1.165) is 11.8 Å². The maximum Gasteiger partial charge on any atom is 0.127 e. The Morgan fingerprint density at radius 2 is 1.79 bits per heavy atom. The van der Waals surface area contributed by atoms with Crippen LogP contribution in [0.3, 0.4) is 0 Å². The van der Waals surface area contributed by atoms with Gasteiger partial charge in [0.15, 0.2) is 0 Å². The quantitative estimate of drug-likeness (QED) is 0.654. The molecule has 0 aliphatic carbocycles. The molecular weight excluding hydrogens is 172 g/mol. The molecule has 0 amide bonds. The van der Waals surface area contributed by atoms with Crippen LogP contribution >= 0.6 is 0 Å². The molecule has 0 aromatic heterocycles. The summed E-state index contributed by atoms with van der Waals surface area (Å²) < 4.78 is 0. The van der Waals surface area contributed by atoms with Crippen molar-refractivity contribution >= 4 is 6.29 Å². The minimum absolute atomic E-state index is 0.00609. The lowest BCUT2D eigenvalue weighted by atomic mass is 9.76. The van der Waals surface area contributed by atoms with Gasteiger partial charge in [0.2, 0.25) is 0 Å². The molecule has 1 unspecified atom stereocenters. The molecule has 0 radical (unpaired) electrons. The fourth-order valence-electron chi connectivity index (χ4n) is 1.68. The monoisotopic (exact) mass is 190 g/mol. The van der Waals surface area contributed by atoms with Gasteiger partial charge in [0.25, 0.3) is 0 Å². The van der Waals surface area contributed by atoms with E-state index in [4.69, 9.17) is 0 Å². The van der Waals surface area contributed by atoms with Crippen molar-refractivity contribution in [1.82, 2.24) is 0 Å². The van der Waals surface area contributed by atoms with Gasteiger partial charge in [0, 0.05) is 5.92 Å². The van der Waals surface area contributed by atoms with Crippen LogP contribution in [0.2, 0.25) is 0 Å². The zero-order valence-electron chi connectivity index (χ0n) is 9.37. The number of benzene rings is 1. The third-order valence-electron chi connectivity index (χ3n) is 2.59. The Labute approximate surface area is 86.1 Å². The maximum absolute atomic E-state index is 11.1. The first-order valence-corrected chi connectivity index (χ1v) is 4.97. The number of rotatable bonds is 2. The van der Waals surface area contributed by atoms with Crippen molar-refractivity contribution in [2.24, 2.45) is 5.41 Å². The first-order valence-electron chi connectivity index (χ1n) is 4.97. The van der Waals surface area contributed by atoms with E-state index in [2.05, 4.69) is 33.8 Å². The highest BCUT2D eigenvalue weighted by molar-refractivity contribution is 5.64. The first kappa shape index (κ1) is 11.0. The Bertz CT molecular complexity index is 320. The SMILES string of the molecule is Cc1ccccc1C(C=O)C(C)(C)C. The highest BCUT2D eigenvalue weighted by Crippen LogP contribution is 2.34. The van der Waals surface area contributed by atoms with Crippen molar-refractivity contribution in [3.05, 3.63) is 35.4 Å². The lowest BCUT2D eigenvalue weighted by Gasteiger charge is -2.27. The van der Waals surface area contributed by atoms with E-state index in [0.29, 0.717) is 0 Å². The molecule has 1 atom stereocenters. The number of carbonyl (C=O) groups is 1. The molecule has 0 saturated heterocycles. The topological polar surface area (TPSA) is 17.1 Å². The average Bonchev–Trinajstić information content (AvgIpc) is 2.07. The number of aldehydes is 1. The summed E-state index contributed by atoms with van der Waals surface area (Å²) in [6.07, 6.45) is 1.06. The molecule has 0 aliphatic rings. The molecule has 1 rings (SSSR count). The number of hydrogen-bond donors (Lipinski definition) is 0. The van der Waals surface area contributed by atoms with Crippen LogP contribution in [-0.4, -0.2) is 6.29 Å². The van der Waals surface area contributed by atoms with Crippen molar-refractivity contribution in [2.45, 2.75) is 33.6 Å². The van der Waals surface area contributed by atoms with Crippen molar-refractivity contribution in [2.75, 3.05) is 0 Å². The van der Waals surface area contributed by atoms with Crippen LogP contribution in [0.4, 0.5) is 0 Å². The largest absolute Gasteiger partial charge is 0.303 e. The second kappa shape index (κ2) is 3.95. The van der Waals surface area contributed by atoms with Crippen molar-refractivity contribution in [3.63, 3.8) is 0 Å². The Hall–Kier alpha value is -1.11. The molecule has 76 valence electrons. The molecular formula is C13H18O. The second-order valence-corrected chi connectivity index (χ2v) is 4.84.